The smallest absolute Gasteiger partial charge is 0.225 e. The molecule has 0 bridgehead atoms. The molecule has 2 rings (SSSR count). The van der Waals surface area contributed by atoms with Gasteiger partial charge in [0, 0.05) is 43.3 Å². The normalized spacial score (nSPS) is 21.2. The Kier molecular flexibility index (Phi) is 7.15. The van der Waals surface area contributed by atoms with Crippen molar-refractivity contribution in [3.63, 3.8) is 0 Å². The number of rotatable bonds is 7. The number of nitrogens with one attached hydrogen (secondary N) is 2. The molecule has 3 atom stereocenters. The number of morpholine rings is 1. The van der Waals surface area contributed by atoms with Crippen molar-refractivity contribution in [2.24, 2.45) is 0 Å². The Hall–Kier alpha value is -1.50. The van der Waals surface area contributed by atoms with Crippen LogP contribution in [0.5, 0.6) is 0 Å². The molecular weight excluding hydrogens is 309 g/mol. The van der Waals surface area contributed by atoms with Crippen LogP contribution in [0.1, 0.15) is 27.2 Å². The van der Waals surface area contributed by atoms with E-state index in [1.54, 1.807) is 12.1 Å². The maximum Gasteiger partial charge on any atom is 0.225 e. The van der Waals surface area contributed by atoms with Crippen molar-refractivity contribution < 1.29 is 13.9 Å². The van der Waals surface area contributed by atoms with Gasteiger partial charge in [0.15, 0.2) is 0 Å². The van der Waals surface area contributed by atoms with Crippen LogP contribution in [0.2, 0.25) is 0 Å². The molecular formula is C18H28FN3O2. The van der Waals surface area contributed by atoms with Crippen molar-refractivity contribution in [1.82, 2.24) is 10.2 Å². The van der Waals surface area contributed by atoms with Gasteiger partial charge in [0.2, 0.25) is 5.91 Å². The molecule has 1 amide bonds. The molecule has 134 valence electrons. The minimum atomic E-state index is -0.311. The van der Waals surface area contributed by atoms with E-state index in [1.807, 2.05) is 6.92 Å². The van der Waals surface area contributed by atoms with E-state index >= 15 is 0 Å². The fraction of sp³-hybridized carbons (Fsp3) is 0.611. The van der Waals surface area contributed by atoms with Crippen molar-refractivity contribution in [2.75, 3.05) is 31.6 Å². The van der Waals surface area contributed by atoms with E-state index in [1.165, 1.54) is 12.1 Å². The van der Waals surface area contributed by atoms with Crippen molar-refractivity contribution in [2.45, 2.75) is 45.3 Å². The highest BCUT2D eigenvalue weighted by Gasteiger charge is 2.23. The lowest BCUT2D eigenvalue weighted by atomic mass is 10.1. The number of nitrogens with zero attached hydrogens (tertiary/aromatic N) is 1. The minimum Gasteiger partial charge on any atom is -0.379 e. The zero-order valence-corrected chi connectivity index (χ0v) is 14.7. The van der Waals surface area contributed by atoms with E-state index in [0.29, 0.717) is 24.2 Å². The Bertz CT molecular complexity index is 524. The van der Waals surface area contributed by atoms with Crippen molar-refractivity contribution in [3.8, 4) is 0 Å². The SMILES string of the molecule is CC(CC(=O)Nc1ccc(F)cc1)NCC(C)N1CCOCC1C. The first-order valence-electron chi connectivity index (χ1n) is 8.58. The number of benzene rings is 1. The predicted molar refractivity (Wildman–Crippen MR) is 93.6 cm³/mol. The number of hydrogen-bond donors (Lipinski definition) is 2. The molecule has 1 fully saturated rings. The van der Waals surface area contributed by atoms with Gasteiger partial charge >= 0.3 is 0 Å². The first-order chi connectivity index (χ1) is 11.5. The van der Waals surface area contributed by atoms with Gasteiger partial charge in [-0.25, -0.2) is 4.39 Å². The average Bonchev–Trinajstić information content (AvgIpc) is 2.55. The van der Waals surface area contributed by atoms with Gasteiger partial charge in [0.25, 0.3) is 0 Å². The quantitative estimate of drug-likeness (QED) is 0.801. The average molecular weight is 337 g/mol. The Morgan fingerprint density at radius 2 is 2.08 bits per heavy atom. The monoisotopic (exact) mass is 337 g/mol. The second-order valence-corrected chi connectivity index (χ2v) is 6.58. The van der Waals surface area contributed by atoms with Crippen LogP contribution in [-0.4, -0.2) is 55.2 Å². The molecule has 0 saturated carbocycles. The van der Waals surface area contributed by atoms with Gasteiger partial charge in [-0.05, 0) is 45.0 Å². The summed E-state index contributed by atoms with van der Waals surface area (Å²) in [4.78, 5) is 14.5. The molecule has 1 aliphatic heterocycles. The molecule has 1 aromatic carbocycles. The summed E-state index contributed by atoms with van der Waals surface area (Å²) >= 11 is 0. The van der Waals surface area contributed by atoms with Crippen molar-refractivity contribution >= 4 is 11.6 Å². The van der Waals surface area contributed by atoms with Crippen LogP contribution in [0.3, 0.4) is 0 Å². The molecule has 0 spiro atoms. The molecule has 0 radical (unpaired) electrons. The third-order valence-corrected chi connectivity index (χ3v) is 4.37. The zero-order valence-electron chi connectivity index (χ0n) is 14.7. The minimum absolute atomic E-state index is 0.0734. The van der Waals surface area contributed by atoms with Crippen LogP contribution in [0.15, 0.2) is 24.3 Å². The number of amides is 1. The fourth-order valence-electron chi connectivity index (χ4n) is 2.98. The van der Waals surface area contributed by atoms with Gasteiger partial charge in [-0.15, -0.1) is 0 Å². The highest BCUT2D eigenvalue weighted by molar-refractivity contribution is 5.91. The summed E-state index contributed by atoms with van der Waals surface area (Å²) in [5.74, 6) is -0.386. The predicted octanol–water partition coefficient (Wildman–Crippen LogP) is 2.24. The molecule has 5 nitrogen and oxygen atoms in total. The Morgan fingerprint density at radius 3 is 2.75 bits per heavy atom. The molecule has 3 unspecified atom stereocenters. The summed E-state index contributed by atoms with van der Waals surface area (Å²) in [7, 11) is 0. The van der Waals surface area contributed by atoms with E-state index in [0.717, 1.165) is 26.3 Å². The lowest BCUT2D eigenvalue weighted by Gasteiger charge is -2.38. The summed E-state index contributed by atoms with van der Waals surface area (Å²) in [6.45, 7) is 9.71. The van der Waals surface area contributed by atoms with E-state index in [2.05, 4.69) is 29.4 Å². The lowest BCUT2D eigenvalue weighted by Crippen LogP contribution is -2.52. The second kappa shape index (κ2) is 9.11. The summed E-state index contributed by atoms with van der Waals surface area (Å²) in [6, 6.07) is 6.69. The largest absolute Gasteiger partial charge is 0.379 e. The highest BCUT2D eigenvalue weighted by atomic mass is 19.1. The van der Waals surface area contributed by atoms with E-state index < -0.39 is 0 Å². The molecule has 24 heavy (non-hydrogen) atoms. The van der Waals surface area contributed by atoms with Gasteiger partial charge < -0.3 is 15.4 Å². The Labute approximate surface area is 143 Å². The number of carbonyl (C=O) groups is 1. The van der Waals surface area contributed by atoms with Crippen LogP contribution in [0.25, 0.3) is 0 Å². The molecule has 6 heteroatoms. The van der Waals surface area contributed by atoms with Gasteiger partial charge in [-0.2, -0.15) is 0 Å². The van der Waals surface area contributed by atoms with Crippen LogP contribution < -0.4 is 10.6 Å². The third kappa shape index (κ3) is 5.85. The third-order valence-electron chi connectivity index (χ3n) is 4.37. The molecule has 1 aromatic rings. The maximum absolute atomic E-state index is 12.9. The lowest BCUT2D eigenvalue weighted by molar-refractivity contribution is -0.116. The van der Waals surface area contributed by atoms with Crippen LogP contribution in [-0.2, 0) is 9.53 Å². The molecule has 0 aromatic heterocycles. The Morgan fingerprint density at radius 1 is 1.38 bits per heavy atom. The van der Waals surface area contributed by atoms with Gasteiger partial charge in [-0.3, -0.25) is 9.69 Å². The molecule has 1 saturated heterocycles. The first-order valence-corrected chi connectivity index (χ1v) is 8.58. The topological polar surface area (TPSA) is 53.6 Å². The van der Waals surface area contributed by atoms with Crippen LogP contribution >= 0.6 is 0 Å². The van der Waals surface area contributed by atoms with E-state index in [9.17, 15) is 9.18 Å². The van der Waals surface area contributed by atoms with Gasteiger partial charge in [-0.1, -0.05) is 0 Å². The Balaban J connectivity index is 1.71. The fourth-order valence-corrected chi connectivity index (χ4v) is 2.98. The maximum atomic E-state index is 12.9. The number of carbonyl (C=O) groups excluding carboxylic acids is 1. The van der Waals surface area contributed by atoms with Gasteiger partial charge in [0.05, 0.1) is 13.2 Å². The zero-order chi connectivity index (χ0) is 17.5. The second-order valence-electron chi connectivity index (χ2n) is 6.58. The number of anilines is 1. The summed E-state index contributed by atoms with van der Waals surface area (Å²) in [5, 5.41) is 6.21. The summed E-state index contributed by atoms with van der Waals surface area (Å²) in [5.41, 5.74) is 0.615. The van der Waals surface area contributed by atoms with Crippen LogP contribution in [0, 0.1) is 5.82 Å². The number of halogens is 1. The summed E-state index contributed by atoms with van der Waals surface area (Å²) < 4.78 is 18.3. The molecule has 2 N–H and O–H groups in total. The van der Waals surface area contributed by atoms with Crippen molar-refractivity contribution in [1.29, 1.82) is 0 Å². The summed E-state index contributed by atoms with van der Waals surface area (Å²) in [6.07, 6.45) is 0.378. The first kappa shape index (κ1) is 18.8. The molecule has 1 aliphatic rings. The van der Waals surface area contributed by atoms with E-state index in [-0.39, 0.29) is 17.8 Å². The number of hydrogen-bond acceptors (Lipinski definition) is 4. The molecule has 0 aliphatic carbocycles. The number of ether oxygens (including phenoxy) is 1. The highest BCUT2D eigenvalue weighted by Crippen LogP contribution is 2.11. The van der Waals surface area contributed by atoms with Gasteiger partial charge in [0.1, 0.15) is 5.82 Å². The molecule has 1 heterocycles. The van der Waals surface area contributed by atoms with Crippen molar-refractivity contribution in [3.05, 3.63) is 30.1 Å². The standard InChI is InChI=1S/C18H28FN3O2/c1-13(10-18(23)21-17-6-4-16(19)5-7-17)20-11-14(2)22-8-9-24-12-15(22)3/h4-7,13-15,20H,8-12H2,1-3H3,(H,21,23). The van der Waals surface area contributed by atoms with Crippen LogP contribution in [0.4, 0.5) is 10.1 Å². The van der Waals surface area contributed by atoms with E-state index in [4.69, 9.17) is 4.74 Å².